The molecular weight excluding hydrogens is 295 g/mol. The highest BCUT2D eigenvalue weighted by atomic mass is 127. The van der Waals surface area contributed by atoms with Gasteiger partial charge < -0.3 is 0 Å². The number of benzene rings is 2. The van der Waals surface area contributed by atoms with E-state index in [0.29, 0.717) is 0 Å². The van der Waals surface area contributed by atoms with E-state index in [9.17, 15) is 0 Å². The second kappa shape index (κ2) is 7.46. The van der Waals surface area contributed by atoms with Crippen molar-refractivity contribution in [1.82, 2.24) is 0 Å². The topological polar surface area (TPSA) is 0 Å². The predicted molar refractivity (Wildman–Crippen MR) is 75.3 cm³/mol. The molecule has 0 bridgehead atoms. The summed E-state index contributed by atoms with van der Waals surface area (Å²) in [6.45, 7) is 2.08. The third-order valence-electron chi connectivity index (χ3n) is 1.94. The molecule has 0 aliphatic heterocycles. The minimum Gasteiger partial charge on any atom is -0.0812 e. The molecule has 15 heavy (non-hydrogen) atoms. The molecule has 0 amide bonds. The van der Waals surface area contributed by atoms with E-state index >= 15 is 0 Å². The van der Waals surface area contributed by atoms with Crippen molar-refractivity contribution in [3.63, 3.8) is 0 Å². The van der Waals surface area contributed by atoms with E-state index in [1.807, 2.05) is 24.3 Å². The van der Waals surface area contributed by atoms with Crippen molar-refractivity contribution in [3.05, 3.63) is 71.8 Å². The fourth-order valence-corrected chi connectivity index (χ4v) is 1.61. The Balaban J connectivity index is 0.000000151. The van der Waals surface area contributed by atoms with E-state index < -0.39 is 0 Å². The highest BCUT2D eigenvalue weighted by Gasteiger charge is 1.81. The maximum Gasteiger partial charge on any atom is 0.0247 e. The summed E-state index contributed by atoms with van der Waals surface area (Å²) in [5.74, 6) is 0. The molecule has 0 N–H and O–H groups in total. The number of aryl methyl sites for hydroxylation is 1. The van der Waals surface area contributed by atoms with Crippen LogP contribution in [0.2, 0.25) is 0 Å². The van der Waals surface area contributed by atoms with Gasteiger partial charge >= 0.3 is 0 Å². The summed E-state index contributed by atoms with van der Waals surface area (Å²) >= 11 is 2.35. The lowest BCUT2D eigenvalue weighted by Gasteiger charge is -1.88. The van der Waals surface area contributed by atoms with Crippen LogP contribution in [0, 0.1) is 6.92 Å². The van der Waals surface area contributed by atoms with E-state index in [0.717, 1.165) is 4.43 Å². The molecule has 0 aliphatic carbocycles. The molecule has 0 heterocycles. The van der Waals surface area contributed by atoms with Crippen LogP contribution in [0.1, 0.15) is 11.1 Å². The van der Waals surface area contributed by atoms with Gasteiger partial charge in [0.05, 0.1) is 0 Å². The average molecular weight is 310 g/mol. The summed E-state index contributed by atoms with van der Waals surface area (Å²) in [7, 11) is 0. The minimum atomic E-state index is 1.11. The first kappa shape index (κ1) is 12.2. The highest BCUT2D eigenvalue weighted by molar-refractivity contribution is 14.1. The Hall–Kier alpha value is -0.830. The summed E-state index contributed by atoms with van der Waals surface area (Å²) in [6, 6.07) is 20.7. The van der Waals surface area contributed by atoms with Crippen molar-refractivity contribution < 1.29 is 0 Å². The third kappa shape index (κ3) is 5.57. The van der Waals surface area contributed by atoms with Gasteiger partial charge in [0.15, 0.2) is 0 Å². The van der Waals surface area contributed by atoms with Gasteiger partial charge in [-0.3, -0.25) is 0 Å². The molecule has 0 saturated carbocycles. The van der Waals surface area contributed by atoms with Crippen LogP contribution in [0.15, 0.2) is 60.7 Å². The standard InChI is InChI=1S/C7H7I.C7H8/c8-6-7-4-2-1-3-5-7;1-7-5-3-2-4-6-7/h1-5H,6H2;2-6H,1H3. The van der Waals surface area contributed by atoms with Gasteiger partial charge in [0.1, 0.15) is 0 Å². The van der Waals surface area contributed by atoms with Gasteiger partial charge in [-0.05, 0) is 12.5 Å². The van der Waals surface area contributed by atoms with E-state index in [1.165, 1.54) is 11.1 Å². The van der Waals surface area contributed by atoms with Gasteiger partial charge in [-0.25, -0.2) is 0 Å². The lowest BCUT2D eigenvalue weighted by molar-refractivity contribution is 1.46. The van der Waals surface area contributed by atoms with Gasteiger partial charge in [-0.2, -0.15) is 0 Å². The van der Waals surface area contributed by atoms with Crippen LogP contribution in [-0.2, 0) is 4.43 Å². The maximum absolute atomic E-state index is 2.35. The number of hydrogen-bond acceptors (Lipinski definition) is 0. The van der Waals surface area contributed by atoms with Crippen LogP contribution >= 0.6 is 22.6 Å². The number of alkyl halides is 1. The van der Waals surface area contributed by atoms with Gasteiger partial charge in [-0.15, -0.1) is 0 Å². The van der Waals surface area contributed by atoms with Crippen molar-refractivity contribution >= 4 is 22.6 Å². The number of rotatable bonds is 1. The van der Waals surface area contributed by atoms with Crippen molar-refractivity contribution in [3.8, 4) is 0 Å². The van der Waals surface area contributed by atoms with Crippen LogP contribution in [0.25, 0.3) is 0 Å². The molecule has 0 unspecified atom stereocenters. The van der Waals surface area contributed by atoms with Crippen LogP contribution in [0.4, 0.5) is 0 Å². The predicted octanol–water partition coefficient (Wildman–Crippen LogP) is 4.62. The normalized spacial score (nSPS) is 8.93. The minimum absolute atomic E-state index is 1.11. The Labute approximate surface area is 105 Å². The fraction of sp³-hybridized carbons (Fsp3) is 0.143. The van der Waals surface area contributed by atoms with E-state index in [4.69, 9.17) is 0 Å². The molecule has 2 aromatic rings. The maximum atomic E-state index is 2.35. The third-order valence-corrected chi connectivity index (χ3v) is 2.82. The Kier molecular flexibility index (Phi) is 6.09. The van der Waals surface area contributed by atoms with Crippen molar-refractivity contribution in [2.45, 2.75) is 11.4 Å². The zero-order valence-electron chi connectivity index (χ0n) is 8.86. The molecule has 0 spiro atoms. The number of hydrogen-bond donors (Lipinski definition) is 0. The summed E-state index contributed by atoms with van der Waals surface area (Å²) in [5, 5.41) is 0. The van der Waals surface area contributed by atoms with E-state index in [1.54, 1.807) is 0 Å². The first-order valence-corrected chi connectivity index (χ1v) is 6.47. The molecular formula is C14H15I. The fourth-order valence-electron chi connectivity index (χ4n) is 1.10. The van der Waals surface area contributed by atoms with Gasteiger partial charge in [-0.1, -0.05) is 88.8 Å². The van der Waals surface area contributed by atoms with Crippen molar-refractivity contribution in [2.75, 3.05) is 0 Å². The molecule has 2 aromatic carbocycles. The molecule has 0 nitrogen and oxygen atoms in total. The molecule has 0 aromatic heterocycles. The van der Waals surface area contributed by atoms with Gasteiger partial charge in [0.25, 0.3) is 0 Å². The van der Waals surface area contributed by atoms with E-state index in [-0.39, 0.29) is 0 Å². The Morgan fingerprint density at radius 2 is 1.27 bits per heavy atom. The second-order valence-electron chi connectivity index (χ2n) is 3.27. The van der Waals surface area contributed by atoms with Gasteiger partial charge in [0.2, 0.25) is 0 Å². The van der Waals surface area contributed by atoms with Crippen LogP contribution in [-0.4, -0.2) is 0 Å². The first-order valence-electron chi connectivity index (χ1n) is 4.94. The first-order chi connectivity index (χ1) is 7.33. The summed E-state index contributed by atoms with van der Waals surface area (Å²) in [4.78, 5) is 0. The van der Waals surface area contributed by atoms with Crippen LogP contribution in [0.3, 0.4) is 0 Å². The monoisotopic (exact) mass is 310 g/mol. The smallest absolute Gasteiger partial charge is 0.0247 e. The Morgan fingerprint density at radius 1 is 0.800 bits per heavy atom. The second-order valence-corrected chi connectivity index (χ2v) is 4.04. The largest absolute Gasteiger partial charge is 0.0812 e. The Bertz CT molecular complexity index is 354. The summed E-state index contributed by atoms with van der Waals surface area (Å²) < 4.78 is 1.11. The molecule has 78 valence electrons. The molecule has 0 aliphatic rings. The molecule has 0 atom stereocenters. The lowest BCUT2D eigenvalue weighted by Crippen LogP contribution is -1.70. The SMILES string of the molecule is Cc1ccccc1.ICc1ccccc1. The molecule has 2 rings (SSSR count). The zero-order chi connectivity index (χ0) is 10.9. The van der Waals surface area contributed by atoms with E-state index in [2.05, 4.69) is 65.9 Å². The van der Waals surface area contributed by atoms with Gasteiger partial charge in [0, 0.05) is 4.43 Å². The lowest BCUT2D eigenvalue weighted by atomic mass is 10.2. The van der Waals surface area contributed by atoms with Crippen LogP contribution < -0.4 is 0 Å². The molecule has 0 fully saturated rings. The zero-order valence-corrected chi connectivity index (χ0v) is 11.0. The van der Waals surface area contributed by atoms with Crippen molar-refractivity contribution in [2.24, 2.45) is 0 Å². The Morgan fingerprint density at radius 3 is 1.53 bits per heavy atom. The van der Waals surface area contributed by atoms with Crippen LogP contribution in [0.5, 0.6) is 0 Å². The summed E-state index contributed by atoms with van der Waals surface area (Å²) in [5.41, 5.74) is 2.72. The van der Waals surface area contributed by atoms with Crippen molar-refractivity contribution in [1.29, 1.82) is 0 Å². The quantitative estimate of drug-likeness (QED) is 0.533. The number of halogens is 1. The average Bonchev–Trinajstić information content (AvgIpc) is 2.32. The molecule has 0 saturated heterocycles. The molecule has 0 radical (unpaired) electrons. The molecule has 1 heteroatoms. The highest BCUT2D eigenvalue weighted by Crippen LogP contribution is 2.02. The summed E-state index contributed by atoms with van der Waals surface area (Å²) in [6.07, 6.45) is 0.